The molecule has 0 amide bonds. The molecule has 0 saturated carbocycles. The lowest BCUT2D eigenvalue weighted by atomic mass is 10.1. The number of ether oxygens (including phenoxy) is 1. The first-order valence-corrected chi connectivity index (χ1v) is 14.4. The third kappa shape index (κ3) is 6.81. The van der Waals surface area contributed by atoms with Crippen molar-refractivity contribution in [2.75, 3.05) is 43.9 Å². The molecule has 0 bridgehead atoms. The fraction of sp³-hybridized carbons (Fsp3) is 0.346. The second-order valence-electron chi connectivity index (χ2n) is 8.83. The maximum Gasteiger partial charge on any atom is 0.191 e. The summed E-state index contributed by atoms with van der Waals surface area (Å²) in [6.07, 6.45) is 1.67. The largest absolute Gasteiger partial charge is 0.379 e. The van der Waals surface area contributed by atoms with Crippen molar-refractivity contribution in [3.8, 4) is 0 Å². The standard InChI is InChI=1S/C26H26BrClF2N6OS/c27-19-3-1-17(2-4-19)22(28)16-36-25-21(15-32-36)24(31-14-18-13-20(29)5-6-23(18)30)33-26(34-25)38-12-9-35-7-10-37-11-8-35/h1-6,13,15,22H,7-12,14,16H2,(H,31,33,34). The molecule has 1 fully saturated rings. The van der Waals surface area contributed by atoms with Gasteiger partial charge in [-0.15, -0.1) is 11.6 Å². The molecule has 1 aliphatic rings. The molecular formula is C26H26BrClF2N6OS. The molecular weight excluding hydrogens is 598 g/mol. The van der Waals surface area contributed by atoms with Gasteiger partial charge in [0.25, 0.3) is 0 Å². The molecule has 4 aromatic rings. The van der Waals surface area contributed by atoms with Gasteiger partial charge in [0.2, 0.25) is 0 Å². The van der Waals surface area contributed by atoms with E-state index in [9.17, 15) is 8.78 Å². The molecule has 2 aromatic heterocycles. The SMILES string of the molecule is Fc1ccc(F)c(CNc2nc(SCCN3CCOCC3)nc3c2cnn3CC(Cl)c2ccc(Br)cc2)c1. The number of fused-ring (bicyclic) bond motifs is 1. The zero-order chi connectivity index (χ0) is 26.5. The van der Waals surface area contributed by atoms with E-state index in [2.05, 4.69) is 31.2 Å². The maximum absolute atomic E-state index is 14.3. The van der Waals surface area contributed by atoms with E-state index >= 15 is 0 Å². The first kappa shape index (κ1) is 27.3. The molecule has 12 heteroatoms. The first-order chi connectivity index (χ1) is 18.5. The van der Waals surface area contributed by atoms with Crippen molar-refractivity contribution in [1.29, 1.82) is 0 Å². The number of hydrogen-bond acceptors (Lipinski definition) is 7. The predicted molar refractivity (Wildman–Crippen MR) is 150 cm³/mol. The summed E-state index contributed by atoms with van der Waals surface area (Å²) in [5.74, 6) is 0.326. The van der Waals surface area contributed by atoms with Crippen molar-refractivity contribution < 1.29 is 13.5 Å². The third-order valence-corrected chi connectivity index (χ3v) is 7.98. The number of hydrogen-bond donors (Lipinski definition) is 1. The molecule has 0 radical (unpaired) electrons. The molecule has 3 heterocycles. The zero-order valence-corrected chi connectivity index (χ0v) is 23.6. The fourth-order valence-electron chi connectivity index (χ4n) is 4.15. The van der Waals surface area contributed by atoms with Crippen LogP contribution >= 0.6 is 39.3 Å². The fourth-order valence-corrected chi connectivity index (χ4v) is 5.53. The van der Waals surface area contributed by atoms with Gasteiger partial charge in [-0.3, -0.25) is 4.90 Å². The van der Waals surface area contributed by atoms with Crippen LogP contribution in [0.4, 0.5) is 14.6 Å². The molecule has 0 spiro atoms. The van der Waals surface area contributed by atoms with E-state index in [0.29, 0.717) is 28.6 Å². The van der Waals surface area contributed by atoms with Gasteiger partial charge in [-0.1, -0.05) is 39.8 Å². The summed E-state index contributed by atoms with van der Waals surface area (Å²) in [6, 6.07) is 11.2. The van der Waals surface area contributed by atoms with Gasteiger partial charge in [0, 0.05) is 42.0 Å². The summed E-state index contributed by atoms with van der Waals surface area (Å²) in [6.45, 7) is 4.66. The normalized spacial score (nSPS) is 15.2. The van der Waals surface area contributed by atoms with Crippen molar-refractivity contribution in [2.24, 2.45) is 0 Å². The summed E-state index contributed by atoms with van der Waals surface area (Å²) >= 11 is 11.7. The number of morpholine rings is 1. The van der Waals surface area contributed by atoms with Crippen LogP contribution in [0.1, 0.15) is 16.5 Å². The van der Waals surface area contributed by atoms with Crippen LogP contribution in [0.5, 0.6) is 0 Å². The second-order valence-corrected chi connectivity index (χ2v) is 11.3. The summed E-state index contributed by atoms with van der Waals surface area (Å²) < 4.78 is 36.1. The Morgan fingerprint density at radius 3 is 2.68 bits per heavy atom. The maximum atomic E-state index is 14.3. The number of nitrogens with zero attached hydrogens (tertiary/aromatic N) is 5. The van der Waals surface area contributed by atoms with Gasteiger partial charge in [0.05, 0.1) is 36.7 Å². The van der Waals surface area contributed by atoms with Crippen molar-refractivity contribution in [3.05, 3.63) is 75.9 Å². The summed E-state index contributed by atoms with van der Waals surface area (Å²) in [5, 5.41) is 8.63. The third-order valence-electron chi connectivity index (χ3n) is 6.24. The number of anilines is 1. The van der Waals surface area contributed by atoms with Crippen LogP contribution in [0.15, 0.2) is 58.3 Å². The highest BCUT2D eigenvalue weighted by atomic mass is 79.9. The molecule has 1 unspecified atom stereocenters. The van der Waals surface area contributed by atoms with Gasteiger partial charge in [-0.25, -0.2) is 23.4 Å². The highest BCUT2D eigenvalue weighted by molar-refractivity contribution is 9.10. The van der Waals surface area contributed by atoms with E-state index in [0.717, 1.165) is 60.8 Å². The Labute approximate surface area is 237 Å². The molecule has 7 nitrogen and oxygen atoms in total. The number of rotatable bonds is 10. The Bertz CT molecular complexity index is 1390. The molecule has 200 valence electrons. The molecule has 38 heavy (non-hydrogen) atoms. The van der Waals surface area contributed by atoms with Gasteiger partial charge in [-0.05, 0) is 35.9 Å². The number of alkyl halides is 1. The topological polar surface area (TPSA) is 68.1 Å². The quantitative estimate of drug-likeness (QED) is 0.134. The lowest BCUT2D eigenvalue weighted by molar-refractivity contribution is 0.0410. The Hall–Kier alpha value is -2.31. The van der Waals surface area contributed by atoms with Crippen LogP contribution < -0.4 is 5.32 Å². The average molecular weight is 624 g/mol. The Balaban J connectivity index is 1.39. The van der Waals surface area contributed by atoms with Gasteiger partial charge in [0.15, 0.2) is 10.8 Å². The van der Waals surface area contributed by atoms with Crippen molar-refractivity contribution in [2.45, 2.75) is 23.6 Å². The summed E-state index contributed by atoms with van der Waals surface area (Å²) in [4.78, 5) is 11.8. The molecule has 5 rings (SSSR count). The molecule has 1 aliphatic heterocycles. The molecule has 1 saturated heterocycles. The van der Waals surface area contributed by atoms with Gasteiger partial charge in [-0.2, -0.15) is 5.10 Å². The van der Waals surface area contributed by atoms with Gasteiger partial charge in [0.1, 0.15) is 17.5 Å². The second kappa shape index (κ2) is 12.7. The minimum atomic E-state index is -0.496. The Morgan fingerprint density at radius 2 is 1.89 bits per heavy atom. The molecule has 2 aromatic carbocycles. The van der Waals surface area contributed by atoms with E-state index in [1.54, 1.807) is 22.6 Å². The number of aromatic nitrogens is 4. The van der Waals surface area contributed by atoms with Crippen LogP contribution in [0.3, 0.4) is 0 Å². The van der Waals surface area contributed by atoms with Crippen molar-refractivity contribution in [1.82, 2.24) is 24.6 Å². The molecule has 0 aliphatic carbocycles. The van der Waals surface area contributed by atoms with Crippen LogP contribution in [-0.4, -0.2) is 63.2 Å². The Kier molecular flexibility index (Phi) is 9.11. The van der Waals surface area contributed by atoms with E-state index in [4.69, 9.17) is 26.3 Å². The van der Waals surface area contributed by atoms with Crippen LogP contribution in [0, 0.1) is 11.6 Å². The minimum absolute atomic E-state index is 0.0653. The lowest BCUT2D eigenvalue weighted by Gasteiger charge is -2.26. The number of thioether (sulfide) groups is 1. The monoisotopic (exact) mass is 622 g/mol. The lowest BCUT2D eigenvalue weighted by Crippen LogP contribution is -2.37. The van der Waals surface area contributed by atoms with Crippen molar-refractivity contribution >= 4 is 56.1 Å². The molecule has 1 atom stereocenters. The smallest absolute Gasteiger partial charge is 0.191 e. The first-order valence-electron chi connectivity index (χ1n) is 12.2. The Morgan fingerprint density at radius 1 is 1.11 bits per heavy atom. The highest BCUT2D eigenvalue weighted by Crippen LogP contribution is 2.29. The van der Waals surface area contributed by atoms with Gasteiger partial charge >= 0.3 is 0 Å². The van der Waals surface area contributed by atoms with E-state index in [-0.39, 0.29) is 17.5 Å². The van der Waals surface area contributed by atoms with Crippen LogP contribution in [-0.2, 0) is 17.8 Å². The number of benzene rings is 2. The summed E-state index contributed by atoms with van der Waals surface area (Å²) in [5.41, 5.74) is 1.80. The predicted octanol–water partition coefficient (Wildman–Crippen LogP) is 5.88. The number of nitrogens with one attached hydrogen (secondary N) is 1. The minimum Gasteiger partial charge on any atom is -0.379 e. The molecule has 1 N–H and O–H groups in total. The van der Waals surface area contributed by atoms with Crippen LogP contribution in [0.2, 0.25) is 0 Å². The summed E-state index contributed by atoms with van der Waals surface area (Å²) in [7, 11) is 0. The average Bonchev–Trinajstić information content (AvgIpc) is 3.32. The van der Waals surface area contributed by atoms with Gasteiger partial charge < -0.3 is 10.1 Å². The van der Waals surface area contributed by atoms with E-state index < -0.39 is 11.6 Å². The van der Waals surface area contributed by atoms with E-state index in [1.165, 1.54) is 6.07 Å². The zero-order valence-electron chi connectivity index (χ0n) is 20.4. The van der Waals surface area contributed by atoms with E-state index in [1.807, 2.05) is 24.3 Å². The number of halogens is 4. The highest BCUT2D eigenvalue weighted by Gasteiger charge is 2.18. The van der Waals surface area contributed by atoms with Crippen molar-refractivity contribution in [3.63, 3.8) is 0 Å². The van der Waals surface area contributed by atoms with Crippen LogP contribution in [0.25, 0.3) is 11.0 Å².